The van der Waals surface area contributed by atoms with Gasteiger partial charge in [0, 0.05) is 11.7 Å². The van der Waals surface area contributed by atoms with E-state index in [4.69, 9.17) is 9.47 Å². The van der Waals surface area contributed by atoms with Crippen LogP contribution in [0, 0.1) is 11.8 Å². The second-order valence-electron chi connectivity index (χ2n) is 7.05. The fraction of sp³-hybridized carbons (Fsp3) is 0.778. The Morgan fingerprint density at radius 1 is 1.20 bits per heavy atom. The number of carbonyl (C=O) groups is 2. The van der Waals surface area contributed by atoms with Gasteiger partial charge in [0.15, 0.2) is 6.61 Å². The first-order valence-corrected chi connectivity index (χ1v) is 11.1. The summed E-state index contributed by atoms with van der Waals surface area (Å²) in [6.45, 7) is 5.14. The van der Waals surface area contributed by atoms with E-state index >= 15 is 0 Å². The number of rotatable bonds is 9. The highest BCUT2D eigenvalue weighted by Crippen LogP contribution is 2.44. The van der Waals surface area contributed by atoms with Gasteiger partial charge in [-0.25, -0.2) is 9.59 Å². The molecule has 1 N–H and O–H groups in total. The van der Waals surface area contributed by atoms with Gasteiger partial charge in [0.1, 0.15) is 0 Å². The lowest BCUT2D eigenvalue weighted by molar-refractivity contribution is -0.156. The van der Waals surface area contributed by atoms with Crippen molar-refractivity contribution < 1.29 is 28.5 Å². The SMILES string of the molecule is CCOC(=O)COC(=O)C(=CC1CCCCC1)CP(=O)(O)CC(C)C. The van der Waals surface area contributed by atoms with Gasteiger partial charge in [-0.05, 0) is 31.6 Å². The average Bonchev–Trinajstić information content (AvgIpc) is 2.51. The normalized spacial score (nSPS) is 18.7. The highest BCUT2D eigenvalue weighted by Gasteiger charge is 2.27. The number of ether oxygens (including phenoxy) is 2. The standard InChI is InChI=1S/C18H31O6P/c1-4-23-17(19)11-24-18(20)16(10-15-8-6-5-7-9-15)13-25(21,22)12-14(2)3/h10,14-15H,4-9,11-13H2,1-3H3,(H,21,22). The zero-order valence-corrected chi connectivity index (χ0v) is 16.4. The van der Waals surface area contributed by atoms with E-state index in [9.17, 15) is 19.0 Å². The topological polar surface area (TPSA) is 89.9 Å². The summed E-state index contributed by atoms with van der Waals surface area (Å²) < 4.78 is 22.2. The summed E-state index contributed by atoms with van der Waals surface area (Å²) in [6.07, 6.45) is 7.03. The molecule has 1 aliphatic rings. The average molecular weight is 374 g/mol. The molecule has 1 unspecified atom stereocenters. The fourth-order valence-corrected chi connectivity index (χ4v) is 5.13. The van der Waals surface area contributed by atoms with Crippen molar-refractivity contribution in [1.82, 2.24) is 0 Å². The Morgan fingerprint density at radius 2 is 1.84 bits per heavy atom. The maximum Gasteiger partial charge on any atom is 0.344 e. The van der Waals surface area contributed by atoms with Gasteiger partial charge >= 0.3 is 11.9 Å². The molecule has 0 aromatic rings. The molecule has 0 radical (unpaired) electrons. The summed E-state index contributed by atoms with van der Waals surface area (Å²) in [6, 6.07) is 0. The maximum atomic E-state index is 12.4. The summed E-state index contributed by atoms with van der Waals surface area (Å²) in [7, 11) is -3.47. The van der Waals surface area contributed by atoms with E-state index in [1.54, 1.807) is 13.0 Å². The molecule has 0 aliphatic heterocycles. The zero-order chi connectivity index (χ0) is 18.9. The Balaban J connectivity index is 2.82. The molecule has 1 aliphatic carbocycles. The van der Waals surface area contributed by atoms with E-state index < -0.39 is 25.9 Å². The molecular formula is C18H31O6P. The van der Waals surface area contributed by atoms with Crippen molar-refractivity contribution in [2.45, 2.75) is 52.9 Å². The first-order chi connectivity index (χ1) is 11.7. The molecule has 1 rings (SSSR count). The van der Waals surface area contributed by atoms with Gasteiger partial charge in [0.2, 0.25) is 7.37 Å². The first-order valence-electron chi connectivity index (χ1n) is 9.07. The lowest BCUT2D eigenvalue weighted by Gasteiger charge is -2.21. The third kappa shape index (κ3) is 9.22. The molecule has 0 heterocycles. The van der Waals surface area contributed by atoms with Crippen LogP contribution < -0.4 is 0 Å². The Kier molecular flexibility index (Phi) is 9.44. The highest BCUT2D eigenvalue weighted by molar-refractivity contribution is 7.58. The molecule has 0 saturated heterocycles. The molecule has 25 heavy (non-hydrogen) atoms. The van der Waals surface area contributed by atoms with Crippen molar-refractivity contribution >= 4 is 19.3 Å². The molecule has 0 bridgehead atoms. The summed E-state index contributed by atoms with van der Waals surface area (Å²) in [5, 5.41) is 0. The zero-order valence-electron chi connectivity index (χ0n) is 15.5. The molecule has 1 fully saturated rings. The molecule has 0 aromatic carbocycles. The van der Waals surface area contributed by atoms with Gasteiger partial charge in [-0.2, -0.15) is 0 Å². The van der Waals surface area contributed by atoms with Crippen LogP contribution in [0.2, 0.25) is 0 Å². The van der Waals surface area contributed by atoms with E-state index in [0.717, 1.165) is 25.7 Å². The van der Waals surface area contributed by atoms with Crippen molar-refractivity contribution in [3.63, 3.8) is 0 Å². The van der Waals surface area contributed by atoms with Crippen LogP contribution in [0.15, 0.2) is 11.6 Å². The van der Waals surface area contributed by atoms with Crippen LogP contribution >= 0.6 is 7.37 Å². The second-order valence-corrected chi connectivity index (χ2v) is 9.43. The predicted molar refractivity (Wildman–Crippen MR) is 96.6 cm³/mol. The maximum absolute atomic E-state index is 12.4. The lowest BCUT2D eigenvalue weighted by Crippen LogP contribution is -2.20. The summed E-state index contributed by atoms with van der Waals surface area (Å²) in [4.78, 5) is 33.9. The van der Waals surface area contributed by atoms with E-state index in [0.29, 0.717) is 0 Å². The van der Waals surface area contributed by atoms with Gasteiger partial charge < -0.3 is 14.4 Å². The van der Waals surface area contributed by atoms with Crippen LogP contribution in [0.25, 0.3) is 0 Å². The quantitative estimate of drug-likeness (QED) is 0.377. The van der Waals surface area contributed by atoms with Crippen LogP contribution in [0.1, 0.15) is 52.9 Å². The number of esters is 2. The van der Waals surface area contributed by atoms with Gasteiger partial charge in [-0.1, -0.05) is 39.2 Å². The van der Waals surface area contributed by atoms with E-state index in [-0.39, 0.29) is 36.3 Å². The van der Waals surface area contributed by atoms with Crippen LogP contribution in [0.3, 0.4) is 0 Å². The predicted octanol–water partition coefficient (Wildman–Crippen LogP) is 3.53. The van der Waals surface area contributed by atoms with Gasteiger partial charge in [0.05, 0.1) is 12.8 Å². The van der Waals surface area contributed by atoms with Crippen molar-refractivity contribution in [3.05, 3.63) is 11.6 Å². The Hall–Kier alpha value is -1.13. The Bertz CT molecular complexity index is 520. The van der Waals surface area contributed by atoms with E-state index in [2.05, 4.69) is 0 Å². The van der Waals surface area contributed by atoms with Crippen LogP contribution in [-0.4, -0.2) is 42.4 Å². The van der Waals surface area contributed by atoms with E-state index in [1.165, 1.54) is 6.42 Å². The molecule has 0 spiro atoms. The number of allylic oxidation sites excluding steroid dienone is 1. The minimum atomic E-state index is -3.47. The Morgan fingerprint density at radius 3 is 2.40 bits per heavy atom. The third-order valence-corrected chi connectivity index (χ3v) is 6.18. The van der Waals surface area contributed by atoms with Crippen molar-refractivity contribution in [1.29, 1.82) is 0 Å². The van der Waals surface area contributed by atoms with Crippen LogP contribution in [-0.2, 0) is 23.6 Å². The van der Waals surface area contributed by atoms with Crippen molar-refractivity contribution in [2.75, 3.05) is 25.5 Å². The molecule has 1 atom stereocenters. The molecule has 0 amide bonds. The van der Waals surface area contributed by atoms with Gasteiger partial charge in [-0.3, -0.25) is 4.57 Å². The Labute approximate surface area is 150 Å². The monoisotopic (exact) mass is 374 g/mol. The fourth-order valence-electron chi connectivity index (χ4n) is 3.09. The molecule has 7 heteroatoms. The number of carbonyl (C=O) groups excluding carboxylic acids is 2. The third-order valence-electron chi connectivity index (χ3n) is 4.04. The highest BCUT2D eigenvalue weighted by atomic mass is 31.2. The van der Waals surface area contributed by atoms with Gasteiger partial charge in [-0.15, -0.1) is 0 Å². The second kappa shape index (κ2) is 10.8. The first kappa shape index (κ1) is 21.9. The summed E-state index contributed by atoms with van der Waals surface area (Å²) in [5.74, 6) is -1.04. The molecule has 1 saturated carbocycles. The van der Waals surface area contributed by atoms with E-state index in [1.807, 2.05) is 13.8 Å². The van der Waals surface area contributed by atoms with Crippen LogP contribution in [0.4, 0.5) is 0 Å². The molecule has 144 valence electrons. The van der Waals surface area contributed by atoms with Crippen molar-refractivity contribution in [2.24, 2.45) is 11.8 Å². The molecular weight excluding hydrogens is 343 g/mol. The largest absolute Gasteiger partial charge is 0.463 e. The number of hydrogen-bond acceptors (Lipinski definition) is 5. The minimum absolute atomic E-state index is 0.0577. The molecule has 6 nitrogen and oxygen atoms in total. The smallest absolute Gasteiger partial charge is 0.344 e. The number of hydrogen-bond donors (Lipinski definition) is 1. The summed E-state index contributed by atoms with van der Waals surface area (Å²) in [5.41, 5.74) is 0.211. The summed E-state index contributed by atoms with van der Waals surface area (Å²) >= 11 is 0. The van der Waals surface area contributed by atoms with Crippen LogP contribution in [0.5, 0.6) is 0 Å². The van der Waals surface area contributed by atoms with Crippen molar-refractivity contribution in [3.8, 4) is 0 Å². The van der Waals surface area contributed by atoms with Gasteiger partial charge in [0.25, 0.3) is 0 Å². The lowest BCUT2D eigenvalue weighted by atomic mass is 9.88. The minimum Gasteiger partial charge on any atom is -0.463 e. The molecule has 0 aromatic heterocycles.